The standard InChI is InChI=1S/C7H8ClNO2S.H4O5P2/c1-9-12(10,11)7-4-2-6(8)3-5-7;1-6(2)5-7(3)4/h2-5,9H,1H3;6-7H,(H,1,2)(H,3,4). The van der Waals surface area contributed by atoms with Gasteiger partial charge in [-0.15, -0.1) is 0 Å². The molecule has 1 aromatic carbocycles. The summed E-state index contributed by atoms with van der Waals surface area (Å²) in [6.45, 7) is 0. The normalized spacial score (nSPS) is 14.1. The van der Waals surface area contributed by atoms with Gasteiger partial charge in [-0.3, -0.25) is 9.13 Å². The molecular weight excluding hydrogens is 340 g/mol. The van der Waals surface area contributed by atoms with E-state index in [1.807, 2.05) is 0 Å². The van der Waals surface area contributed by atoms with Gasteiger partial charge in [0.05, 0.1) is 4.90 Å². The van der Waals surface area contributed by atoms with Crippen LogP contribution in [0, 0.1) is 0 Å². The molecule has 2 atom stereocenters. The quantitative estimate of drug-likeness (QED) is 0.690. The van der Waals surface area contributed by atoms with Crippen LogP contribution in [0.4, 0.5) is 0 Å². The summed E-state index contributed by atoms with van der Waals surface area (Å²) in [5.74, 6) is 0. The summed E-state index contributed by atoms with van der Waals surface area (Å²) in [5.41, 5.74) is 0. The highest BCUT2D eigenvalue weighted by molar-refractivity contribution is 7.89. The van der Waals surface area contributed by atoms with Crippen molar-refractivity contribution in [1.82, 2.24) is 4.72 Å². The molecule has 0 fully saturated rings. The molecule has 0 saturated carbocycles. The van der Waals surface area contributed by atoms with Crippen molar-refractivity contribution >= 4 is 38.1 Å². The van der Waals surface area contributed by atoms with E-state index >= 15 is 0 Å². The fourth-order valence-electron chi connectivity index (χ4n) is 0.806. The van der Waals surface area contributed by atoms with E-state index in [0.717, 1.165) is 0 Å². The fraction of sp³-hybridized carbons (Fsp3) is 0.143. The average Bonchev–Trinajstić information content (AvgIpc) is 2.28. The van der Waals surface area contributed by atoms with E-state index in [1.54, 1.807) is 0 Å². The molecule has 0 amide bonds. The van der Waals surface area contributed by atoms with Crippen molar-refractivity contribution in [2.24, 2.45) is 0 Å². The van der Waals surface area contributed by atoms with Gasteiger partial charge < -0.3 is 9.79 Å². The number of hydrogen-bond acceptors (Lipinski definition) is 5. The van der Waals surface area contributed by atoms with Gasteiger partial charge in [-0.2, -0.15) is 0 Å². The van der Waals surface area contributed by atoms with Crippen LogP contribution in [0.25, 0.3) is 0 Å². The molecule has 12 heteroatoms. The van der Waals surface area contributed by atoms with Gasteiger partial charge in [-0.05, 0) is 31.3 Å². The molecule has 0 aliphatic heterocycles. The number of sulfonamides is 1. The molecule has 1 rings (SSSR count). The minimum Gasteiger partial charge on any atom is -0.326 e. The first kappa shape index (κ1) is 18.8. The molecule has 0 heterocycles. The molecule has 0 bridgehead atoms. The molecular formula is C7H12ClNO7P2S. The average molecular weight is 352 g/mol. The second-order valence-corrected chi connectivity index (χ2v) is 7.00. The van der Waals surface area contributed by atoms with Crippen LogP contribution >= 0.6 is 28.1 Å². The van der Waals surface area contributed by atoms with Crippen LogP contribution in [-0.2, 0) is 23.5 Å². The largest absolute Gasteiger partial charge is 0.326 e. The van der Waals surface area contributed by atoms with E-state index < -0.39 is 26.5 Å². The highest BCUT2D eigenvalue weighted by atomic mass is 35.5. The van der Waals surface area contributed by atoms with Crippen molar-refractivity contribution in [3.63, 3.8) is 0 Å². The maximum absolute atomic E-state index is 11.2. The maximum Gasteiger partial charge on any atom is 0.323 e. The van der Waals surface area contributed by atoms with Crippen molar-refractivity contribution in [1.29, 1.82) is 0 Å². The molecule has 19 heavy (non-hydrogen) atoms. The SMILES string of the molecule is CNS(=O)(=O)c1ccc(Cl)cc1.O=[PH](O)O[PH](=O)O. The minimum absolute atomic E-state index is 0.217. The molecule has 1 aromatic rings. The minimum atomic E-state index is -3.32. The number of benzene rings is 1. The zero-order chi connectivity index (χ0) is 15.1. The van der Waals surface area contributed by atoms with Crippen LogP contribution in [-0.4, -0.2) is 25.3 Å². The number of halogens is 1. The monoisotopic (exact) mass is 351 g/mol. The summed E-state index contributed by atoms with van der Waals surface area (Å²) in [5, 5.41) is 0.519. The molecule has 0 saturated heterocycles. The van der Waals surface area contributed by atoms with E-state index in [1.165, 1.54) is 31.3 Å². The number of nitrogens with one attached hydrogen (secondary N) is 1. The van der Waals surface area contributed by atoms with E-state index in [-0.39, 0.29) is 4.90 Å². The Morgan fingerprint density at radius 3 is 1.84 bits per heavy atom. The van der Waals surface area contributed by atoms with Crippen molar-refractivity contribution in [3.05, 3.63) is 29.3 Å². The molecule has 0 aliphatic rings. The smallest absolute Gasteiger partial charge is 0.323 e. The molecule has 0 aromatic heterocycles. The van der Waals surface area contributed by atoms with Gasteiger partial charge in [-0.1, -0.05) is 11.6 Å². The predicted octanol–water partition coefficient (Wildman–Crippen LogP) is 1.02. The van der Waals surface area contributed by atoms with Gasteiger partial charge >= 0.3 is 16.5 Å². The van der Waals surface area contributed by atoms with Gasteiger partial charge in [0.25, 0.3) is 0 Å². The fourth-order valence-corrected chi connectivity index (χ4v) is 2.26. The Morgan fingerprint density at radius 2 is 1.58 bits per heavy atom. The van der Waals surface area contributed by atoms with Crippen molar-refractivity contribution < 1.29 is 31.6 Å². The third kappa shape index (κ3) is 8.52. The molecule has 8 nitrogen and oxygen atoms in total. The third-order valence-electron chi connectivity index (χ3n) is 1.57. The maximum atomic E-state index is 11.2. The lowest BCUT2D eigenvalue weighted by Crippen LogP contribution is -2.18. The van der Waals surface area contributed by atoms with E-state index in [9.17, 15) is 17.5 Å². The van der Waals surface area contributed by atoms with Gasteiger partial charge in [0.2, 0.25) is 10.0 Å². The van der Waals surface area contributed by atoms with Crippen LogP contribution < -0.4 is 4.72 Å². The molecule has 3 N–H and O–H groups in total. The van der Waals surface area contributed by atoms with Crippen LogP contribution in [0.3, 0.4) is 0 Å². The lowest BCUT2D eigenvalue weighted by molar-refractivity contribution is 0.371. The Labute approximate surface area is 116 Å². The highest BCUT2D eigenvalue weighted by Crippen LogP contribution is 2.30. The second kappa shape index (κ2) is 8.84. The Bertz CT molecular complexity index is 535. The third-order valence-corrected chi connectivity index (χ3v) is 4.65. The first-order valence-corrected chi connectivity index (χ1v) is 8.90. The Morgan fingerprint density at radius 1 is 1.16 bits per heavy atom. The Hall–Kier alpha value is -0.240. The second-order valence-electron chi connectivity index (χ2n) is 2.80. The first-order chi connectivity index (χ1) is 8.69. The van der Waals surface area contributed by atoms with Gasteiger partial charge in [-0.25, -0.2) is 17.5 Å². The van der Waals surface area contributed by atoms with Crippen LogP contribution in [0.15, 0.2) is 29.2 Å². The van der Waals surface area contributed by atoms with Crippen LogP contribution in [0.1, 0.15) is 0 Å². The number of hydrogen-bond donors (Lipinski definition) is 3. The topological polar surface area (TPSA) is 130 Å². The van der Waals surface area contributed by atoms with E-state index in [4.69, 9.17) is 21.4 Å². The zero-order valence-electron chi connectivity index (χ0n) is 9.53. The van der Waals surface area contributed by atoms with Crippen LogP contribution in [0.2, 0.25) is 5.02 Å². The van der Waals surface area contributed by atoms with Gasteiger partial charge in [0.1, 0.15) is 0 Å². The Kier molecular flexibility index (Phi) is 8.73. The lowest BCUT2D eigenvalue weighted by atomic mass is 10.4. The summed E-state index contributed by atoms with van der Waals surface area (Å²) >= 11 is 5.59. The Balaban J connectivity index is 0.000000399. The summed E-state index contributed by atoms with van der Waals surface area (Å²) in [6.07, 6.45) is 0. The first-order valence-electron chi connectivity index (χ1n) is 4.52. The summed E-state index contributed by atoms with van der Waals surface area (Å²) in [7, 11) is -8.36. The van der Waals surface area contributed by atoms with Crippen molar-refractivity contribution in [2.45, 2.75) is 4.90 Å². The summed E-state index contributed by atoms with van der Waals surface area (Å²) in [6, 6.07) is 5.97. The molecule has 0 spiro atoms. The van der Waals surface area contributed by atoms with E-state index in [2.05, 4.69) is 9.03 Å². The zero-order valence-corrected chi connectivity index (χ0v) is 13.1. The van der Waals surface area contributed by atoms with E-state index in [0.29, 0.717) is 5.02 Å². The number of rotatable bonds is 4. The van der Waals surface area contributed by atoms with Gasteiger partial charge in [0.15, 0.2) is 0 Å². The van der Waals surface area contributed by atoms with Crippen LogP contribution in [0.5, 0.6) is 0 Å². The summed E-state index contributed by atoms with van der Waals surface area (Å²) in [4.78, 5) is 15.6. The van der Waals surface area contributed by atoms with Crippen molar-refractivity contribution in [2.75, 3.05) is 7.05 Å². The highest BCUT2D eigenvalue weighted by Gasteiger charge is 2.09. The molecule has 0 aliphatic carbocycles. The lowest BCUT2D eigenvalue weighted by Gasteiger charge is -2.00. The summed E-state index contributed by atoms with van der Waals surface area (Å²) < 4.78 is 46.9. The molecule has 2 unspecified atom stereocenters. The van der Waals surface area contributed by atoms with Crippen molar-refractivity contribution in [3.8, 4) is 0 Å². The molecule has 110 valence electrons. The molecule has 0 radical (unpaired) electrons. The predicted molar refractivity (Wildman–Crippen MR) is 71.2 cm³/mol. The van der Waals surface area contributed by atoms with Gasteiger partial charge in [0, 0.05) is 5.02 Å².